The van der Waals surface area contributed by atoms with Crippen LogP contribution >= 0.6 is 43.7 Å². The Hall–Kier alpha value is -0.960. The minimum atomic E-state index is -0.690. The molecule has 2 aliphatic rings. The smallest absolute Gasteiger partial charge is 0.239 e. The summed E-state index contributed by atoms with van der Waals surface area (Å²) in [5.74, 6) is -0.343. The number of aliphatic hydroxyl groups is 1. The summed E-state index contributed by atoms with van der Waals surface area (Å²) in [6.07, 6.45) is 0.0121. The fourth-order valence-electron chi connectivity index (χ4n) is 3.07. The Bertz CT molecular complexity index is 740. The summed E-state index contributed by atoms with van der Waals surface area (Å²) in [5, 5.41) is 10.9. The van der Waals surface area contributed by atoms with Crippen LogP contribution in [0.2, 0.25) is 5.02 Å². The number of hydrogen-bond acceptors (Lipinski definition) is 4. The third kappa shape index (κ3) is 3.98. The topological polar surface area (TPSA) is 77.9 Å². The predicted octanol–water partition coefficient (Wildman–Crippen LogP) is 3.73. The number of halogens is 3. The van der Waals surface area contributed by atoms with Gasteiger partial charge in [-0.15, -0.1) is 0 Å². The Labute approximate surface area is 173 Å². The number of rotatable bonds is 0. The first kappa shape index (κ1) is 21.3. The highest BCUT2D eigenvalue weighted by atomic mass is 79.9. The second kappa shape index (κ2) is 7.96. The molecule has 1 fully saturated rings. The van der Waals surface area contributed by atoms with Crippen molar-refractivity contribution in [2.45, 2.75) is 50.1 Å². The zero-order chi connectivity index (χ0) is 19.8. The van der Waals surface area contributed by atoms with Crippen LogP contribution in [0.25, 0.3) is 0 Å². The van der Waals surface area contributed by atoms with Gasteiger partial charge in [0, 0.05) is 30.4 Å². The molecule has 0 radical (unpaired) electrons. The van der Waals surface area contributed by atoms with Crippen molar-refractivity contribution in [2.75, 3.05) is 4.90 Å². The largest absolute Gasteiger partial charge is 0.387 e. The number of carbonyl (C=O) groups excluding carboxylic acids is 3. The van der Waals surface area contributed by atoms with Gasteiger partial charge in [0.2, 0.25) is 17.7 Å². The first-order valence-electron chi connectivity index (χ1n) is 7.92. The lowest BCUT2D eigenvalue weighted by molar-refractivity contribution is -0.131. The number of imide groups is 1. The molecule has 0 aromatic heterocycles. The van der Waals surface area contributed by atoms with Crippen molar-refractivity contribution in [3.05, 3.63) is 28.8 Å². The molecule has 6 nitrogen and oxygen atoms in total. The molecule has 2 atom stereocenters. The highest BCUT2D eigenvalue weighted by Crippen LogP contribution is 2.46. The van der Waals surface area contributed by atoms with Crippen LogP contribution in [-0.4, -0.2) is 37.1 Å². The summed E-state index contributed by atoms with van der Waals surface area (Å²) in [6, 6.07) is 5.22. The lowest BCUT2D eigenvalue weighted by atomic mass is 9.84. The first-order chi connectivity index (χ1) is 12.0. The van der Waals surface area contributed by atoms with Crippen molar-refractivity contribution in [3.63, 3.8) is 0 Å². The van der Waals surface area contributed by atoms with Gasteiger partial charge in [-0.3, -0.25) is 14.4 Å². The van der Waals surface area contributed by atoms with E-state index in [0.717, 1.165) is 9.61 Å². The van der Waals surface area contributed by atoms with E-state index >= 15 is 0 Å². The van der Waals surface area contributed by atoms with E-state index in [1.807, 2.05) is 13.8 Å². The van der Waals surface area contributed by atoms with E-state index in [9.17, 15) is 19.5 Å². The molecule has 1 aromatic rings. The molecule has 0 bridgehead atoms. The highest BCUT2D eigenvalue weighted by Gasteiger charge is 2.46. The maximum Gasteiger partial charge on any atom is 0.239 e. The summed E-state index contributed by atoms with van der Waals surface area (Å²) in [4.78, 5) is 34.2. The minimum absolute atomic E-state index is 0.0556. The van der Waals surface area contributed by atoms with Gasteiger partial charge in [0.15, 0.2) is 0 Å². The second-order valence-corrected chi connectivity index (χ2v) is 8.76. The van der Waals surface area contributed by atoms with Crippen molar-refractivity contribution in [1.29, 1.82) is 0 Å². The molecule has 0 spiro atoms. The van der Waals surface area contributed by atoms with Crippen LogP contribution in [0, 0.1) is 0 Å². The molecule has 3 rings (SSSR count). The molecule has 0 aliphatic carbocycles. The number of hydrogen-bond donors (Lipinski definition) is 1. The Morgan fingerprint density at radius 2 is 1.81 bits per heavy atom. The van der Waals surface area contributed by atoms with Crippen LogP contribution in [-0.2, 0) is 14.4 Å². The highest BCUT2D eigenvalue weighted by molar-refractivity contribution is 9.09. The van der Waals surface area contributed by atoms with Gasteiger partial charge in [-0.1, -0.05) is 27.5 Å². The summed E-state index contributed by atoms with van der Waals surface area (Å²) < 4.78 is 0.979. The standard InChI is InChI=1S/C13H15BrClNO2.C4H4BrNO2/c1-7(17)16-10-5-4-8(15)6-9(10)11(18)12(14)13(16,2)3;5-6-3(7)1-2-4(6)8/h4-6,11-12,18H,1-3H3;1-2H2. The maximum absolute atomic E-state index is 11.9. The number of aliphatic hydroxyl groups excluding tert-OH is 1. The SMILES string of the molecule is CC(=O)N1c2ccc(Cl)cc2C(O)C(Br)C1(C)C.O=C1CCC(=O)N1Br. The van der Waals surface area contributed by atoms with Crippen LogP contribution in [0.4, 0.5) is 5.69 Å². The molecule has 9 heteroatoms. The van der Waals surface area contributed by atoms with Crippen molar-refractivity contribution in [2.24, 2.45) is 0 Å². The molecule has 2 aliphatic heterocycles. The number of alkyl halides is 1. The van der Waals surface area contributed by atoms with E-state index in [1.54, 1.807) is 23.1 Å². The molecule has 142 valence electrons. The van der Waals surface area contributed by atoms with E-state index in [0.29, 0.717) is 23.4 Å². The summed E-state index contributed by atoms with van der Waals surface area (Å²) >= 11 is 12.3. The monoisotopic (exact) mass is 508 g/mol. The quantitative estimate of drug-likeness (QED) is 0.328. The van der Waals surface area contributed by atoms with Crippen LogP contribution in [0.1, 0.15) is 45.3 Å². The Morgan fingerprint density at radius 3 is 2.23 bits per heavy atom. The molecule has 26 heavy (non-hydrogen) atoms. The maximum atomic E-state index is 11.9. The normalized spacial score (nSPS) is 24.1. The van der Waals surface area contributed by atoms with E-state index in [4.69, 9.17) is 11.6 Å². The Morgan fingerprint density at radius 1 is 1.27 bits per heavy atom. The average Bonchev–Trinajstić information content (AvgIpc) is 2.85. The van der Waals surface area contributed by atoms with Crippen molar-refractivity contribution >= 4 is 67.1 Å². The van der Waals surface area contributed by atoms with E-state index < -0.39 is 11.6 Å². The van der Waals surface area contributed by atoms with Gasteiger partial charge in [0.05, 0.1) is 38.3 Å². The Kier molecular flexibility index (Phi) is 6.53. The van der Waals surface area contributed by atoms with Crippen LogP contribution in [0.3, 0.4) is 0 Å². The number of amides is 3. The zero-order valence-corrected chi connectivity index (χ0v) is 18.4. The number of benzene rings is 1. The fraction of sp³-hybridized carbons (Fsp3) is 0.471. The number of nitrogens with zero attached hydrogens (tertiary/aromatic N) is 2. The van der Waals surface area contributed by atoms with Crippen LogP contribution < -0.4 is 4.90 Å². The molecule has 3 amide bonds. The van der Waals surface area contributed by atoms with E-state index in [2.05, 4.69) is 32.1 Å². The van der Waals surface area contributed by atoms with Gasteiger partial charge in [-0.2, -0.15) is 0 Å². The number of anilines is 1. The predicted molar refractivity (Wildman–Crippen MR) is 106 cm³/mol. The van der Waals surface area contributed by atoms with Gasteiger partial charge in [-0.25, -0.2) is 3.93 Å². The van der Waals surface area contributed by atoms with Gasteiger partial charge < -0.3 is 10.0 Å². The van der Waals surface area contributed by atoms with Gasteiger partial charge in [0.1, 0.15) is 0 Å². The molecule has 1 saturated heterocycles. The van der Waals surface area contributed by atoms with E-state index in [-0.39, 0.29) is 22.5 Å². The first-order valence-corrected chi connectivity index (χ1v) is 9.92. The fourth-order valence-corrected chi connectivity index (χ4v) is 4.09. The van der Waals surface area contributed by atoms with Gasteiger partial charge in [-0.05, 0) is 32.0 Å². The van der Waals surface area contributed by atoms with Crippen LogP contribution in [0.15, 0.2) is 18.2 Å². The van der Waals surface area contributed by atoms with Crippen molar-refractivity contribution in [1.82, 2.24) is 3.93 Å². The molecule has 2 unspecified atom stereocenters. The molecule has 1 N–H and O–H groups in total. The lowest BCUT2D eigenvalue weighted by Crippen LogP contribution is -2.57. The molecular weight excluding hydrogens is 491 g/mol. The third-order valence-electron chi connectivity index (χ3n) is 4.38. The van der Waals surface area contributed by atoms with Crippen LogP contribution in [0.5, 0.6) is 0 Å². The molecular formula is C17H19Br2ClN2O4. The second-order valence-electron chi connectivity index (χ2n) is 6.63. The van der Waals surface area contributed by atoms with E-state index in [1.165, 1.54) is 6.92 Å². The van der Waals surface area contributed by atoms with Gasteiger partial charge >= 0.3 is 0 Å². The Balaban J connectivity index is 0.000000254. The van der Waals surface area contributed by atoms with Gasteiger partial charge in [0.25, 0.3) is 0 Å². The lowest BCUT2D eigenvalue weighted by Gasteiger charge is -2.48. The summed E-state index contributed by atoms with van der Waals surface area (Å²) in [5.41, 5.74) is 0.894. The number of fused-ring (bicyclic) bond motifs is 1. The molecule has 2 heterocycles. The number of carbonyl (C=O) groups is 3. The molecule has 0 saturated carbocycles. The zero-order valence-electron chi connectivity index (χ0n) is 14.5. The summed E-state index contributed by atoms with van der Waals surface area (Å²) in [7, 11) is 0. The van der Waals surface area contributed by atoms with Crippen molar-refractivity contribution in [3.8, 4) is 0 Å². The third-order valence-corrected chi connectivity index (χ3v) is 7.03. The van der Waals surface area contributed by atoms with Crippen molar-refractivity contribution < 1.29 is 19.5 Å². The summed E-state index contributed by atoms with van der Waals surface area (Å²) in [6.45, 7) is 5.38. The minimum Gasteiger partial charge on any atom is -0.387 e. The average molecular weight is 511 g/mol. The molecule has 1 aromatic carbocycles.